The molecule has 3 aromatic rings. The fraction of sp³-hybridized carbons (Fsp3) is 0.308. The van der Waals surface area contributed by atoms with Gasteiger partial charge in [0.2, 0.25) is 11.8 Å². The number of aromatic nitrogens is 1. The molecule has 5 rings (SSSR count). The molecule has 0 radical (unpaired) electrons. The van der Waals surface area contributed by atoms with Crippen LogP contribution in [0.1, 0.15) is 44.0 Å². The first-order chi connectivity index (χ1) is 15.5. The molecule has 1 saturated carbocycles. The molecule has 1 atom stereocenters. The third kappa shape index (κ3) is 3.49. The number of nitrogens with zero attached hydrogens (tertiary/aromatic N) is 3. The number of fused-ring (bicyclic) bond motifs is 3. The molecule has 32 heavy (non-hydrogen) atoms. The SMILES string of the molecule is CC(C)N(CC(=O)N1c2ccccc2-n2cccc2C1c1ccc(F)cc1)C(=O)C1CC1. The molecule has 0 saturated heterocycles. The number of rotatable bonds is 5. The second-order valence-corrected chi connectivity index (χ2v) is 8.84. The zero-order valence-corrected chi connectivity index (χ0v) is 18.2. The van der Waals surface area contributed by atoms with Gasteiger partial charge in [-0.15, -0.1) is 0 Å². The van der Waals surface area contributed by atoms with Crippen LogP contribution in [0.25, 0.3) is 5.69 Å². The zero-order valence-electron chi connectivity index (χ0n) is 18.2. The monoisotopic (exact) mass is 431 g/mol. The first kappa shape index (κ1) is 20.5. The maximum Gasteiger partial charge on any atom is 0.247 e. The van der Waals surface area contributed by atoms with Gasteiger partial charge < -0.3 is 9.47 Å². The van der Waals surface area contributed by atoms with Crippen molar-refractivity contribution >= 4 is 17.5 Å². The standard InChI is InChI=1S/C26H26FN3O2/c1-17(2)29(26(32)19-9-10-19)16-24(31)30-22-7-4-3-6-21(22)28-15-5-8-23(28)25(30)18-11-13-20(27)14-12-18/h3-8,11-15,17,19,25H,9-10,16H2,1-2H3. The van der Waals surface area contributed by atoms with Crippen LogP contribution in [0.15, 0.2) is 66.9 Å². The van der Waals surface area contributed by atoms with Gasteiger partial charge in [0.05, 0.1) is 17.1 Å². The number of benzene rings is 2. The number of para-hydroxylation sites is 2. The van der Waals surface area contributed by atoms with Crippen LogP contribution < -0.4 is 4.90 Å². The Bertz CT molecular complexity index is 1160. The van der Waals surface area contributed by atoms with Gasteiger partial charge in [0.15, 0.2) is 0 Å². The molecule has 0 N–H and O–H groups in total. The maximum atomic E-state index is 13.9. The van der Waals surface area contributed by atoms with Gasteiger partial charge in [-0.3, -0.25) is 14.5 Å². The summed E-state index contributed by atoms with van der Waals surface area (Å²) in [6.45, 7) is 3.90. The fourth-order valence-electron chi connectivity index (χ4n) is 4.52. The summed E-state index contributed by atoms with van der Waals surface area (Å²) in [6.07, 6.45) is 3.77. The van der Waals surface area contributed by atoms with Crippen LogP contribution >= 0.6 is 0 Å². The third-order valence-electron chi connectivity index (χ3n) is 6.31. The highest BCUT2D eigenvalue weighted by Crippen LogP contribution is 2.42. The number of halogens is 1. The van der Waals surface area contributed by atoms with E-state index in [0.717, 1.165) is 35.5 Å². The number of hydrogen-bond acceptors (Lipinski definition) is 2. The van der Waals surface area contributed by atoms with Crippen molar-refractivity contribution in [2.45, 2.75) is 38.8 Å². The minimum Gasteiger partial charge on any atom is -0.331 e. The molecule has 1 unspecified atom stereocenters. The Labute approximate surface area is 187 Å². The van der Waals surface area contributed by atoms with Crippen LogP contribution in [0.3, 0.4) is 0 Å². The fourth-order valence-corrected chi connectivity index (χ4v) is 4.52. The predicted molar refractivity (Wildman–Crippen MR) is 121 cm³/mol. The first-order valence-electron chi connectivity index (χ1n) is 11.1. The molecule has 0 spiro atoms. The minimum absolute atomic E-state index is 0.0136. The van der Waals surface area contributed by atoms with Gasteiger partial charge >= 0.3 is 0 Å². The van der Waals surface area contributed by atoms with Gasteiger partial charge in [-0.2, -0.15) is 0 Å². The van der Waals surface area contributed by atoms with Gasteiger partial charge in [0, 0.05) is 18.2 Å². The molecule has 6 heteroatoms. The molecule has 2 aliphatic rings. The Kier molecular flexibility index (Phi) is 5.08. The summed E-state index contributed by atoms with van der Waals surface area (Å²) in [4.78, 5) is 30.2. The molecule has 1 aliphatic heterocycles. The van der Waals surface area contributed by atoms with Crippen LogP contribution in [-0.4, -0.2) is 33.9 Å². The average molecular weight is 432 g/mol. The normalized spacial score (nSPS) is 17.1. The lowest BCUT2D eigenvalue weighted by Crippen LogP contribution is -2.49. The van der Waals surface area contributed by atoms with Crippen molar-refractivity contribution in [3.05, 3.63) is 83.9 Å². The van der Waals surface area contributed by atoms with E-state index >= 15 is 0 Å². The zero-order chi connectivity index (χ0) is 22.4. The van der Waals surface area contributed by atoms with Crippen molar-refractivity contribution in [3.63, 3.8) is 0 Å². The van der Waals surface area contributed by atoms with Crippen molar-refractivity contribution < 1.29 is 14.0 Å². The summed E-state index contributed by atoms with van der Waals surface area (Å²) in [5.74, 6) is -0.370. The Morgan fingerprint density at radius 1 is 1.00 bits per heavy atom. The van der Waals surface area contributed by atoms with E-state index in [-0.39, 0.29) is 36.1 Å². The molecule has 1 aliphatic carbocycles. The van der Waals surface area contributed by atoms with Gasteiger partial charge in [-0.05, 0) is 68.7 Å². The summed E-state index contributed by atoms with van der Waals surface area (Å²) in [5, 5.41) is 0. The van der Waals surface area contributed by atoms with E-state index in [4.69, 9.17) is 0 Å². The summed E-state index contributed by atoms with van der Waals surface area (Å²) in [6, 6.07) is 17.5. The second-order valence-electron chi connectivity index (χ2n) is 8.84. The van der Waals surface area contributed by atoms with Crippen LogP contribution in [0.4, 0.5) is 10.1 Å². The average Bonchev–Trinajstić information content (AvgIpc) is 3.53. The highest BCUT2D eigenvalue weighted by Gasteiger charge is 2.39. The molecule has 2 heterocycles. The van der Waals surface area contributed by atoms with E-state index < -0.39 is 6.04 Å². The lowest BCUT2D eigenvalue weighted by molar-refractivity contribution is -0.138. The molecular weight excluding hydrogens is 405 g/mol. The Balaban J connectivity index is 1.59. The van der Waals surface area contributed by atoms with E-state index in [0.29, 0.717) is 0 Å². The lowest BCUT2D eigenvalue weighted by Gasteiger charge is -2.40. The van der Waals surface area contributed by atoms with Crippen molar-refractivity contribution in [1.82, 2.24) is 9.47 Å². The van der Waals surface area contributed by atoms with E-state index in [9.17, 15) is 14.0 Å². The Hall–Kier alpha value is -3.41. The molecular formula is C26H26FN3O2. The summed E-state index contributed by atoms with van der Waals surface area (Å²) >= 11 is 0. The molecule has 1 fully saturated rings. The van der Waals surface area contributed by atoms with Gasteiger partial charge in [0.1, 0.15) is 18.4 Å². The maximum absolute atomic E-state index is 13.9. The molecule has 2 aromatic carbocycles. The molecule has 1 aromatic heterocycles. The molecule has 0 bridgehead atoms. The summed E-state index contributed by atoms with van der Waals surface area (Å²) in [5.41, 5.74) is 3.43. The van der Waals surface area contributed by atoms with Gasteiger partial charge in [-0.25, -0.2) is 4.39 Å². The largest absolute Gasteiger partial charge is 0.331 e. The van der Waals surface area contributed by atoms with Crippen LogP contribution in [0.5, 0.6) is 0 Å². The molecule has 164 valence electrons. The van der Waals surface area contributed by atoms with E-state index in [1.54, 1.807) is 21.9 Å². The van der Waals surface area contributed by atoms with Crippen molar-refractivity contribution in [3.8, 4) is 5.69 Å². The number of anilines is 1. The van der Waals surface area contributed by atoms with Gasteiger partial charge in [0.25, 0.3) is 0 Å². The molecule has 5 nitrogen and oxygen atoms in total. The second kappa shape index (κ2) is 7.93. The quantitative estimate of drug-likeness (QED) is 0.588. The van der Waals surface area contributed by atoms with E-state index in [1.165, 1.54) is 12.1 Å². The number of carbonyl (C=O) groups excluding carboxylic acids is 2. The Morgan fingerprint density at radius 3 is 2.34 bits per heavy atom. The van der Waals surface area contributed by atoms with Crippen LogP contribution in [0.2, 0.25) is 0 Å². The summed E-state index contributed by atoms with van der Waals surface area (Å²) < 4.78 is 15.8. The third-order valence-corrected chi connectivity index (χ3v) is 6.31. The number of amides is 2. The highest BCUT2D eigenvalue weighted by atomic mass is 19.1. The van der Waals surface area contributed by atoms with E-state index in [2.05, 4.69) is 4.57 Å². The predicted octanol–water partition coefficient (Wildman–Crippen LogP) is 4.70. The molecule has 2 amide bonds. The summed E-state index contributed by atoms with van der Waals surface area (Å²) in [7, 11) is 0. The van der Waals surface area contributed by atoms with Crippen LogP contribution in [0, 0.1) is 11.7 Å². The van der Waals surface area contributed by atoms with Crippen LogP contribution in [-0.2, 0) is 9.59 Å². The first-order valence-corrected chi connectivity index (χ1v) is 11.1. The van der Waals surface area contributed by atoms with Crippen molar-refractivity contribution in [1.29, 1.82) is 0 Å². The highest BCUT2D eigenvalue weighted by molar-refractivity contribution is 6.00. The Morgan fingerprint density at radius 2 is 1.69 bits per heavy atom. The van der Waals surface area contributed by atoms with Crippen molar-refractivity contribution in [2.24, 2.45) is 5.92 Å². The van der Waals surface area contributed by atoms with Crippen molar-refractivity contribution in [2.75, 3.05) is 11.4 Å². The topological polar surface area (TPSA) is 45.6 Å². The number of hydrogen-bond donors (Lipinski definition) is 0. The lowest BCUT2D eigenvalue weighted by atomic mass is 9.97. The minimum atomic E-state index is -0.418. The van der Waals surface area contributed by atoms with E-state index in [1.807, 2.05) is 56.4 Å². The smallest absolute Gasteiger partial charge is 0.247 e. The van der Waals surface area contributed by atoms with Gasteiger partial charge in [-0.1, -0.05) is 24.3 Å². The number of carbonyl (C=O) groups is 2.